The van der Waals surface area contributed by atoms with Crippen molar-refractivity contribution in [1.82, 2.24) is 9.97 Å². The van der Waals surface area contributed by atoms with Crippen LogP contribution >= 0.6 is 0 Å². The number of hydrogen-bond acceptors (Lipinski definition) is 7. The van der Waals surface area contributed by atoms with E-state index in [2.05, 4.69) is 15.3 Å². The average Bonchev–Trinajstić information content (AvgIpc) is 3.09. The fraction of sp³-hybridized carbons (Fsp3) is 0.118. The van der Waals surface area contributed by atoms with Crippen molar-refractivity contribution in [2.75, 3.05) is 17.7 Å². The van der Waals surface area contributed by atoms with Crippen LogP contribution < -0.4 is 15.8 Å². The number of oxazole rings is 1. The van der Waals surface area contributed by atoms with Crippen molar-refractivity contribution in [2.24, 2.45) is 0 Å². The van der Waals surface area contributed by atoms with Gasteiger partial charge in [0.1, 0.15) is 11.4 Å². The van der Waals surface area contributed by atoms with Crippen molar-refractivity contribution in [3.8, 4) is 17.2 Å². The summed E-state index contributed by atoms with van der Waals surface area (Å²) in [5.74, 6) is -0.149. The van der Waals surface area contributed by atoms with Gasteiger partial charge in [0.2, 0.25) is 5.88 Å². The number of hydrogen-bond donors (Lipinski definition) is 3. The van der Waals surface area contributed by atoms with Crippen molar-refractivity contribution < 1.29 is 19.1 Å². The molecule has 0 saturated heterocycles. The van der Waals surface area contributed by atoms with E-state index < -0.39 is 5.97 Å². The minimum Gasteiger partial charge on any atom is -0.477 e. The van der Waals surface area contributed by atoms with Gasteiger partial charge in [0.05, 0.1) is 18.5 Å². The highest BCUT2D eigenvalue weighted by Crippen LogP contribution is 2.28. The number of nitrogen functional groups attached to an aromatic ring is 1. The lowest BCUT2D eigenvalue weighted by atomic mass is 10.1. The molecule has 3 rings (SSSR count). The Labute approximate surface area is 143 Å². The third-order valence-corrected chi connectivity index (χ3v) is 3.39. The van der Waals surface area contributed by atoms with E-state index in [1.165, 1.54) is 12.5 Å². The summed E-state index contributed by atoms with van der Waals surface area (Å²) in [6.07, 6.45) is 3.00. The first kappa shape index (κ1) is 16.3. The highest BCUT2D eigenvalue weighted by molar-refractivity contribution is 5.96. The minimum absolute atomic E-state index is 0.0178. The Bertz CT molecular complexity index is 876. The topological polar surface area (TPSA) is 124 Å². The van der Waals surface area contributed by atoms with Crippen LogP contribution in [0.2, 0.25) is 0 Å². The van der Waals surface area contributed by atoms with Crippen LogP contribution in [-0.4, -0.2) is 27.7 Å². The van der Waals surface area contributed by atoms with Gasteiger partial charge in [0.15, 0.2) is 12.2 Å². The van der Waals surface area contributed by atoms with Crippen LogP contribution in [0.3, 0.4) is 0 Å². The predicted molar refractivity (Wildman–Crippen MR) is 92.0 cm³/mol. The van der Waals surface area contributed by atoms with Gasteiger partial charge in [0.25, 0.3) is 0 Å². The second-order valence-electron chi connectivity index (χ2n) is 5.08. The molecule has 1 aromatic carbocycles. The monoisotopic (exact) mass is 340 g/mol. The van der Waals surface area contributed by atoms with Crippen LogP contribution in [0.1, 0.15) is 17.3 Å². The van der Waals surface area contributed by atoms with E-state index in [0.717, 1.165) is 11.3 Å². The van der Waals surface area contributed by atoms with E-state index in [-0.39, 0.29) is 23.7 Å². The molecule has 0 unspecified atom stereocenters. The highest BCUT2D eigenvalue weighted by atomic mass is 16.5. The SMILES string of the molecule is CCOc1nc(Nc2ccc(-c3cnco3)cc2)cc(N)c1C(=O)O. The molecule has 0 aliphatic heterocycles. The summed E-state index contributed by atoms with van der Waals surface area (Å²) in [5, 5.41) is 12.3. The van der Waals surface area contributed by atoms with Gasteiger partial charge in [0, 0.05) is 17.3 Å². The van der Waals surface area contributed by atoms with E-state index in [1.807, 2.05) is 24.3 Å². The van der Waals surface area contributed by atoms with Gasteiger partial charge < -0.3 is 25.3 Å². The van der Waals surface area contributed by atoms with Gasteiger partial charge in [-0.05, 0) is 31.2 Å². The van der Waals surface area contributed by atoms with Crippen LogP contribution in [0, 0.1) is 0 Å². The quantitative estimate of drug-likeness (QED) is 0.625. The molecule has 8 heteroatoms. The molecule has 2 aromatic heterocycles. The summed E-state index contributed by atoms with van der Waals surface area (Å²) in [5.41, 5.74) is 7.40. The summed E-state index contributed by atoms with van der Waals surface area (Å²) < 4.78 is 10.5. The number of aromatic nitrogens is 2. The molecule has 0 spiro atoms. The Hall–Kier alpha value is -3.55. The Morgan fingerprint density at radius 1 is 1.36 bits per heavy atom. The lowest BCUT2D eigenvalue weighted by molar-refractivity contribution is 0.0693. The predicted octanol–water partition coefficient (Wildman–Crippen LogP) is 3.16. The molecule has 8 nitrogen and oxygen atoms in total. The van der Waals surface area contributed by atoms with Gasteiger partial charge in [-0.3, -0.25) is 0 Å². The number of carboxylic acid groups (broad SMARTS) is 1. The normalized spacial score (nSPS) is 10.4. The molecule has 2 heterocycles. The maximum Gasteiger partial charge on any atom is 0.343 e. The highest BCUT2D eigenvalue weighted by Gasteiger charge is 2.18. The summed E-state index contributed by atoms with van der Waals surface area (Å²) in [7, 11) is 0. The number of benzene rings is 1. The number of nitrogens with zero attached hydrogens (tertiary/aromatic N) is 2. The maximum absolute atomic E-state index is 11.3. The second-order valence-corrected chi connectivity index (χ2v) is 5.08. The fourth-order valence-corrected chi connectivity index (χ4v) is 2.28. The Kier molecular flexibility index (Phi) is 4.51. The fourth-order valence-electron chi connectivity index (χ4n) is 2.28. The van der Waals surface area contributed by atoms with E-state index in [0.29, 0.717) is 11.6 Å². The first-order valence-electron chi connectivity index (χ1n) is 7.51. The van der Waals surface area contributed by atoms with Crippen LogP contribution in [0.5, 0.6) is 5.88 Å². The number of pyridine rings is 1. The van der Waals surface area contributed by atoms with E-state index in [9.17, 15) is 9.90 Å². The molecule has 0 aliphatic carbocycles. The van der Waals surface area contributed by atoms with Crippen LogP contribution in [0.15, 0.2) is 47.3 Å². The number of carboxylic acids is 1. The summed E-state index contributed by atoms with van der Waals surface area (Å²) in [6.45, 7) is 2.02. The van der Waals surface area contributed by atoms with Gasteiger partial charge in [-0.2, -0.15) is 4.98 Å². The Morgan fingerprint density at radius 3 is 2.72 bits per heavy atom. The zero-order valence-corrected chi connectivity index (χ0v) is 13.4. The average molecular weight is 340 g/mol. The molecule has 0 atom stereocenters. The summed E-state index contributed by atoms with van der Waals surface area (Å²) in [4.78, 5) is 19.4. The third-order valence-electron chi connectivity index (χ3n) is 3.39. The molecular formula is C17H16N4O4. The zero-order chi connectivity index (χ0) is 17.8. The molecule has 0 aliphatic rings. The number of nitrogens with two attached hydrogens (primary N) is 1. The van der Waals surface area contributed by atoms with Crippen molar-refractivity contribution >= 4 is 23.2 Å². The molecule has 0 amide bonds. The molecule has 4 N–H and O–H groups in total. The molecular weight excluding hydrogens is 324 g/mol. The van der Waals surface area contributed by atoms with E-state index >= 15 is 0 Å². The largest absolute Gasteiger partial charge is 0.477 e. The minimum atomic E-state index is -1.18. The Morgan fingerprint density at radius 2 is 2.12 bits per heavy atom. The number of carbonyl (C=O) groups is 1. The molecule has 128 valence electrons. The van der Waals surface area contributed by atoms with Crippen molar-refractivity contribution in [2.45, 2.75) is 6.92 Å². The van der Waals surface area contributed by atoms with Gasteiger partial charge in [-0.1, -0.05) is 0 Å². The van der Waals surface area contributed by atoms with Crippen molar-refractivity contribution in [3.63, 3.8) is 0 Å². The van der Waals surface area contributed by atoms with E-state index in [1.54, 1.807) is 13.1 Å². The number of rotatable bonds is 6. The number of aromatic carboxylic acids is 1. The summed E-state index contributed by atoms with van der Waals surface area (Å²) >= 11 is 0. The molecule has 0 saturated carbocycles. The first-order valence-corrected chi connectivity index (χ1v) is 7.51. The second kappa shape index (κ2) is 6.91. The maximum atomic E-state index is 11.3. The van der Waals surface area contributed by atoms with Crippen LogP contribution in [0.4, 0.5) is 17.2 Å². The standard InChI is InChI=1S/C17H16N4O4/c1-2-24-16-15(17(22)23)12(18)7-14(21-16)20-11-5-3-10(4-6-11)13-8-19-9-25-13/h3-9H,2H2,1H3,(H,22,23)(H3,18,20,21). The molecule has 25 heavy (non-hydrogen) atoms. The van der Waals surface area contributed by atoms with Crippen LogP contribution in [0.25, 0.3) is 11.3 Å². The molecule has 0 bridgehead atoms. The van der Waals surface area contributed by atoms with E-state index in [4.69, 9.17) is 14.9 Å². The molecule has 0 radical (unpaired) electrons. The lowest BCUT2D eigenvalue weighted by Crippen LogP contribution is -2.10. The Balaban J connectivity index is 1.86. The zero-order valence-electron chi connectivity index (χ0n) is 13.4. The summed E-state index contributed by atoms with van der Waals surface area (Å²) in [6, 6.07) is 8.85. The van der Waals surface area contributed by atoms with Crippen molar-refractivity contribution in [3.05, 3.63) is 48.5 Å². The molecule has 3 aromatic rings. The third kappa shape index (κ3) is 3.52. The molecule has 0 fully saturated rings. The van der Waals surface area contributed by atoms with Gasteiger partial charge in [-0.15, -0.1) is 0 Å². The lowest BCUT2D eigenvalue weighted by Gasteiger charge is -2.12. The number of nitrogens with one attached hydrogen (secondary N) is 1. The number of ether oxygens (including phenoxy) is 1. The van der Waals surface area contributed by atoms with Gasteiger partial charge >= 0.3 is 5.97 Å². The van der Waals surface area contributed by atoms with Gasteiger partial charge in [-0.25, -0.2) is 9.78 Å². The van der Waals surface area contributed by atoms with Crippen molar-refractivity contribution in [1.29, 1.82) is 0 Å². The number of anilines is 3. The smallest absolute Gasteiger partial charge is 0.343 e. The van der Waals surface area contributed by atoms with Crippen LogP contribution in [-0.2, 0) is 0 Å². The first-order chi connectivity index (χ1) is 12.1.